The lowest BCUT2D eigenvalue weighted by Crippen LogP contribution is -2.43. The highest BCUT2D eigenvalue weighted by molar-refractivity contribution is 5.96. The molecule has 1 fully saturated rings. The number of carbonyl (C=O) groups is 1. The smallest absolute Gasteiger partial charge is 0.422 e. The minimum absolute atomic E-state index is 0.0129. The molecule has 1 amide bonds. The van der Waals surface area contributed by atoms with Gasteiger partial charge in [0, 0.05) is 0 Å². The first-order valence-corrected chi connectivity index (χ1v) is 6.78. The maximum absolute atomic E-state index is 12.2. The predicted molar refractivity (Wildman–Crippen MR) is 72.3 cm³/mol. The molecule has 21 heavy (non-hydrogen) atoms. The summed E-state index contributed by atoms with van der Waals surface area (Å²) in [5.74, 6) is -0.239. The van der Waals surface area contributed by atoms with Crippen molar-refractivity contribution in [1.29, 1.82) is 0 Å². The van der Waals surface area contributed by atoms with Crippen LogP contribution in [-0.2, 0) is 4.79 Å². The van der Waals surface area contributed by atoms with Gasteiger partial charge in [-0.2, -0.15) is 13.2 Å². The predicted octanol–water partition coefficient (Wildman–Crippen LogP) is 2.71. The van der Waals surface area contributed by atoms with E-state index < -0.39 is 12.8 Å². The number of hydrogen-bond donors (Lipinski definition) is 2. The third-order valence-electron chi connectivity index (χ3n) is 3.16. The van der Waals surface area contributed by atoms with Crippen LogP contribution in [0.2, 0.25) is 0 Å². The van der Waals surface area contributed by atoms with Gasteiger partial charge in [-0.25, -0.2) is 0 Å². The number of amides is 1. The fourth-order valence-electron chi connectivity index (χ4n) is 2.15. The van der Waals surface area contributed by atoms with Gasteiger partial charge in [-0.3, -0.25) is 4.79 Å². The third-order valence-corrected chi connectivity index (χ3v) is 3.16. The summed E-state index contributed by atoms with van der Waals surface area (Å²) in [5, 5.41) is 5.70. The van der Waals surface area contributed by atoms with Crippen LogP contribution in [0.3, 0.4) is 0 Å². The number of nitrogens with one attached hydrogen (secondary N) is 2. The van der Waals surface area contributed by atoms with Crippen molar-refractivity contribution in [2.75, 3.05) is 18.5 Å². The molecule has 2 N–H and O–H groups in total. The van der Waals surface area contributed by atoms with Crippen molar-refractivity contribution in [2.45, 2.75) is 31.5 Å². The van der Waals surface area contributed by atoms with Crippen LogP contribution in [0.25, 0.3) is 0 Å². The van der Waals surface area contributed by atoms with Crippen LogP contribution in [0, 0.1) is 0 Å². The van der Waals surface area contributed by atoms with Crippen molar-refractivity contribution in [3.63, 3.8) is 0 Å². The zero-order chi connectivity index (χ0) is 15.3. The maximum Gasteiger partial charge on any atom is 0.422 e. The topological polar surface area (TPSA) is 50.4 Å². The molecule has 116 valence electrons. The van der Waals surface area contributed by atoms with Crippen LogP contribution >= 0.6 is 0 Å². The Labute approximate surface area is 120 Å². The zero-order valence-electron chi connectivity index (χ0n) is 11.4. The van der Waals surface area contributed by atoms with E-state index in [2.05, 4.69) is 10.6 Å². The molecule has 0 aromatic heterocycles. The van der Waals surface area contributed by atoms with Crippen molar-refractivity contribution in [2.24, 2.45) is 0 Å². The molecule has 7 heteroatoms. The number of hydrogen-bond acceptors (Lipinski definition) is 3. The highest BCUT2D eigenvalue weighted by Crippen LogP contribution is 2.26. The van der Waals surface area contributed by atoms with Gasteiger partial charge in [-0.05, 0) is 31.5 Å². The average Bonchev–Trinajstić information content (AvgIpc) is 2.46. The number of carbonyl (C=O) groups excluding carboxylic acids is 1. The number of benzene rings is 1. The summed E-state index contributed by atoms with van der Waals surface area (Å²) < 4.78 is 41.3. The third kappa shape index (κ3) is 4.93. The van der Waals surface area contributed by atoms with Crippen LogP contribution in [0.1, 0.15) is 19.3 Å². The van der Waals surface area contributed by atoms with E-state index in [9.17, 15) is 18.0 Å². The molecular weight excluding hydrogens is 285 g/mol. The Morgan fingerprint density at radius 1 is 1.33 bits per heavy atom. The van der Waals surface area contributed by atoms with E-state index in [-0.39, 0.29) is 23.4 Å². The van der Waals surface area contributed by atoms with Gasteiger partial charge in [0.05, 0.1) is 11.7 Å². The molecule has 1 atom stereocenters. The van der Waals surface area contributed by atoms with E-state index in [1.807, 2.05) is 0 Å². The first kappa shape index (κ1) is 15.6. The lowest BCUT2D eigenvalue weighted by molar-refractivity contribution is -0.153. The molecule has 1 aromatic carbocycles. The van der Waals surface area contributed by atoms with Gasteiger partial charge >= 0.3 is 6.18 Å². The monoisotopic (exact) mass is 302 g/mol. The first-order valence-electron chi connectivity index (χ1n) is 6.78. The summed E-state index contributed by atoms with van der Waals surface area (Å²) in [6.45, 7) is -0.619. The fourth-order valence-corrected chi connectivity index (χ4v) is 2.15. The van der Waals surface area contributed by atoms with Gasteiger partial charge in [0.15, 0.2) is 6.61 Å². The molecule has 1 heterocycles. The van der Waals surface area contributed by atoms with Crippen molar-refractivity contribution in [3.8, 4) is 5.75 Å². The Hall–Kier alpha value is -1.76. The number of alkyl halides is 3. The van der Waals surface area contributed by atoms with Gasteiger partial charge in [-0.15, -0.1) is 0 Å². The largest absolute Gasteiger partial charge is 0.482 e. The maximum atomic E-state index is 12.2. The quantitative estimate of drug-likeness (QED) is 0.899. The fraction of sp³-hybridized carbons (Fsp3) is 0.500. The molecule has 0 spiro atoms. The second-order valence-corrected chi connectivity index (χ2v) is 4.89. The Kier molecular flexibility index (Phi) is 5.06. The lowest BCUT2D eigenvalue weighted by Gasteiger charge is -2.23. The normalized spacial score (nSPS) is 19.1. The van der Waals surface area contributed by atoms with Crippen LogP contribution in [0.4, 0.5) is 18.9 Å². The Bertz CT molecular complexity index is 485. The summed E-state index contributed by atoms with van der Waals surface area (Å²) >= 11 is 0. The van der Waals surface area contributed by atoms with E-state index in [1.54, 1.807) is 12.1 Å². The van der Waals surface area contributed by atoms with Gasteiger partial charge in [0.25, 0.3) is 0 Å². The van der Waals surface area contributed by atoms with Crippen LogP contribution in [0.5, 0.6) is 5.75 Å². The van der Waals surface area contributed by atoms with Gasteiger partial charge in [0.1, 0.15) is 5.75 Å². The van der Waals surface area contributed by atoms with Crippen molar-refractivity contribution in [3.05, 3.63) is 24.3 Å². The molecule has 1 saturated heterocycles. The average molecular weight is 302 g/mol. The Morgan fingerprint density at radius 2 is 2.10 bits per heavy atom. The Morgan fingerprint density at radius 3 is 2.76 bits per heavy atom. The van der Waals surface area contributed by atoms with E-state index in [1.165, 1.54) is 12.1 Å². The minimum atomic E-state index is -4.41. The number of anilines is 1. The number of piperidine rings is 1. The molecule has 1 aliphatic rings. The van der Waals surface area contributed by atoms with E-state index in [4.69, 9.17) is 4.74 Å². The number of halogens is 3. The Balaban J connectivity index is 2.00. The second-order valence-electron chi connectivity index (χ2n) is 4.89. The number of ether oxygens (including phenoxy) is 1. The lowest BCUT2D eigenvalue weighted by atomic mass is 10.0. The molecule has 1 aliphatic heterocycles. The van der Waals surface area contributed by atoms with E-state index in [0.29, 0.717) is 0 Å². The second kappa shape index (κ2) is 6.80. The van der Waals surface area contributed by atoms with Crippen LogP contribution in [0.15, 0.2) is 24.3 Å². The highest BCUT2D eigenvalue weighted by atomic mass is 19.4. The molecule has 0 unspecified atom stereocenters. The van der Waals surface area contributed by atoms with Crippen molar-refractivity contribution >= 4 is 11.6 Å². The molecule has 4 nitrogen and oxygen atoms in total. The van der Waals surface area contributed by atoms with Crippen molar-refractivity contribution in [1.82, 2.24) is 5.32 Å². The summed E-state index contributed by atoms with van der Waals surface area (Å²) in [7, 11) is 0. The summed E-state index contributed by atoms with van der Waals surface area (Å²) in [4.78, 5) is 12.1. The van der Waals surface area contributed by atoms with E-state index >= 15 is 0 Å². The molecule has 2 rings (SSSR count). The summed E-state index contributed by atoms with van der Waals surface area (Å²) in [6.07, 6.45) is -1.72. The summed E-state index contributed by atoms with van der Waals surface area (Å²) in [5.41, 5.74) is 0.249. The van der Waals surface area contributed by atoms with Crippen LogP contribution < -0.4 is 15.4 Å². The zero-order valence-corrected chi connectivity index (χ0v) is 11.4. The van der Waals surface area contributed by atoms with Gasteiger partial charge < -0.3 is 15.4 Å². The first-order chi connectivity index (χ1) is 9.96. The SMILES string of the molecule is O=C(Nc1ccccc1OCC(F)(F)F)[C@@H]1CCCCN1. The number of rotatable bonds is 4. The molecule has 1 aromatic rings. The van der Waals surface area contributed by atoms with Crippen molar-refractivity contribution < 1.29 is 22.7 Å². The van der Waals surface area contributed by atoms with Crippen LogP contribution in [-0.4, -0.2) is 31.3 Å². The minimum Gasteiger partial charge on any atom is -0.482 e. The number of para-hydroxylation sites is 2. The van der Waals surface area contributed by atoms with Gasteiger partial charge in [0.2, 0.25) is 5.91 Å². The molecule has 0 saturated carbocycles. The highest BCUT2D eigenvalue weighted by Gasteiger charge is 2.29. The molecule has 0 aliphatic carbocycles. The molecule has 0 radical (unpaired) electrons. The van der Waals surface area contributed by atoms with Gasteiger partial charge in [-0.1, -0.05) is 18.6 Å². The molecule has 0 bridgehead atoms. The molecular formula is C14H17F3N2O2. The summed E-state index contributed by atoms with van der Waals surface area (Å²) in [6, 6.07) is 5.79. The van der Waals surface area contributed by atoms with E-state index in [0.717, 1.165) is 25.8 Å². The standard InChI is InChI=1S/C14H17F3N2O2/c15-14(16,17)9-21-12-7-2-1-5-10(12)19-13(20)11-6-3-4-8-18-11/h1-2,5,7,11,18H,3-4,6,8-9H2,(H,19,20)/t11-/m0/s1.